The Hall–Kier alpha value is -7.69. The van der Waals surface area contributed by atoms with E-state index >= 15 is 0 Å². The summed E-state index contributed by atoms with van der Waals surface area (Å²) in [5.41, 5.74) is 36.2. The zero-order valence-electron chi connectivity index (χ0n) is 38.9. The fraction of sp³-hybridized carbons (Fsp3) is 0.172. The third-order valence-electron chi connectivity index (χ3n) is 16.9. The van der Waals surface area contributed by atoms with E-state index < -0.39 is 0 Å². The molecule has 11 aromatic rings. The van der Waals surface area contributed by atoms with Crippen LogP contribution in [-0.2, 0) is 51.4 Å². The van der Waals surface area contributed by atoms with Crippen LogP contribution in [0.1, 0.15) is 63.9 Å². The summed E-state index contributed by atoms with van der Waals surface area (Å²) in [5, 5.41) is 10.9. The Morgan fingerprint density at radius 2 is 1.09 bits per heavy atom. The average molecular weight is 875 g/mol. The molecule has 0 fully saturated rings. The highest BCUT2D eigenvalue weighted by Crippen LogP contribution is 2.52. The minimum absolute atomic E-state index is 0.967. The first-order valence-electron chi connectivity index (χ1n) is 24.8. The highest BCUT2D eigenvalue weighted by molar-refractivity contribution is 6.18. The largest absolute Gasteiger partial charge is 0.403 e. The number of hydrogen-bond donors (Lipinski definition) is 1. The van der Waals surface area contributed by atoms with Crippen LogP contribution in [0.25, 0.3) is 110 Å². The monoisotopic (exact) mass is 874 g/mol. The van der Waals surface area contributed by atoms with Crippen molar-refractivity contribution in [2.24, 2.45) is 5.73 Å². The molecular weight excluding hydrogens is 825 g/mol. The number of rotatable bonds is 5. The molecular formula is C64H50N4. The number of hydrogen-bond acceptors (Lipinski definition) is 2. The van der Waals surface area contributed by atoms with Crippen molar-refractivity contribution in [3.8, 4) is 39.1 Å². The van der Waals surface area contributed by atoms with E-state index in [0.29, 0.717) is 0 Å². The Balaban J connectivity index is 1.00. The zero-order valence-corrected chi connectivity index (χ0v) is 38.9. The zero-order chi connectivity index (χ0) is 45.1. The van der Waals surface area contributed by atoms with Gasteiger partial charge in [0, 0.05) is 33.9 Å². The second-order valence-corrected chi connectivity index (χ2v) is 20.1. The molecule has 0 spiro atoms. The van der Waals surface area contributed by atoms with Crippen molar-refractivity contribution in [1.29, 1.82) is 0 Å². The van der Waals surface area contributed by atoms with Gasteiger partial charge in [-0.25, -0.2) is 0 Å². The first-order chi connectivity index (χ1) is 33.5. The third-order valence-corrected chi connectivity index (χ3v) is 16.9. The molecule has 4 heteroatoms. The van der Waals surface area contributed by atoms with Crippen LogP contribution in [0, 0.1) is 6.92 Å². The molecule has 0 bridgehead atoms. The molecule has 4 aliphatic rings. The predicted molar refractivity (Wildman–Crippen MR) is 285 cm³/mol. The van der Waals surface area contributed by atoms with Crippen molar-refractivity contribution in [2.75, 3.05) is 0 Å². The predicted octanol–water partition coefficient (Wildman–Crippen LogP) is 15.0. The van der Waals surface area contributed by atoms with Gasteiger partial charge in [0.2, 0.25) is 0 Å². The molecule has 0 radical (unpaired) electrons. The maximum Gasteiger partial charge on any atom is 0.0674 e. The maximum atomic E-state index is 6.70. The first kappa shape index (κ1) is 38.4. The molecule has 15 rings (SSSR count). The number of benzene rings is 8. The molecule has 0 atom stereocenters. The van der Waals surface area contributed by atoms with Crippen LogP contribution < -0.4 is 5.73 Å². The summed E-state index contributed by atoms with van der Waals surface area (Å²) in [6, 6.07) is 45.0. The SMILES string of the molecule is C/C=C(C)\C(=C/N)n1c2ccc(-c3ccc4c5c(cccc35)CC4)cc2c2cc3c4c(c21)CCc1cc2c5cc(-c6ccc7c8c(cccc68)CC7)ccc5n(-c5cnccc5C)c2c(c1-4)CC3. The van der Waals surface area contributed by atoms with Crippen LogP contribution in [0.3, 0.4) is 0 Å². The Labute approximate surface area is 395 Å². The van der Waals surface area contributed by atoms with Crippen LogP contribution >= 0.6 is 0 Å². The lowest BCUT2D eigenvalue weighted by molar-refractivity contribution is 0.883. The molecule has 0 saturated carbocycles. The van der Waals surface area contributed by atoms with Crippen molar-refractivity contribution in [2.45, 2.75) is 72.1 Å². The standard InChI is InChI=1S/C64H50N4/c1-4-35(2)57(33-65)67-55-25-19-41(45-21-15-39-13-11-37-7-5-9-47(45)59(37)39)29-51(55)53-31-43-18-24-50-62-44(17-23-49(61(43)62)63(53)67)32-54-52-30-42(46-22-16-40-14-12-38-8-6-10-48(46)60(38)40)20-26-56(52)68(64(50)54)58-34-66-28-27-36(58)3/h4-10,15-16,19-22,25-34H,11-14,17-18,23-24,65H2,1-3H3/b35-4-,57-33+. The van der Waals surface area contributed by atoms with E-state index in [1.54, 1.807) is 0 Å². The lowest BCUT2D eigenvalue weighted by Crippen LogP contribution is -2.16. The first-order valence-corrected chi connectivity index (χ1v) is 24.8. The average Bonchev–Trinajstić information content (AvgIpc) is 4.16. The number of allylic oxidation sites excluding steroid dienone is 3. The molecule has 3 heterocycles. The van der Waals surface area contributed by atoms with E-state index in [-0.39, 0.29) is 0 Å². The van der Waals surface area contributed by atoms with Gasteiger partial charge in [0.1, 0.15) is 0 Å². The molecule has 0 aliphatic heterocycles. The van der Waals surface area contributed by atoms with Gasteiger partial charge in [0.15, 0.2) is 0 Å². The van der Waals surface area contributed by atoms with E-state index in [4.69, 9.17) is 10.7 Å². The third kappa shape index (κ3) is 5.02. The van der Waals surface area contributed by atoms with Gasteiger partial charge < -0.3 is 14.9 Å². The molecule has 2 N–H and O–H groups in total. The van der Waals surface area contributed by atoms with E-state index in [1.165, 1.54) is 154 Å². The number of aryl methyl sites for hydroxylation is 9. The maximum absolute atomic E-state index is 6.70. The van der Waals surface area contributed by atoms with Crippen molar-refractivity contribution in [3.63, 3.8) is 0 Å². The number of nitrogens with two attached hydrogens (primary N) is 1. The normalized spacial score (nSPS) is 15.0. The number of pyridine rings is 1. The van der Waals surface area contributed by atoms with Crippen LogP contribution in [-0.4, -0.2) is 14.1 Å². The summed E-state index contributed by atoms with van der Waals surface area (Å²) < 4.78 is 5.06. The van der Waals surface area contributed by atoms with Crippen LogP contribution in [0.2, 0.25) is 0 Å². The molecule has 0 amide bonds. The van der Waals surface area contributed by atoms with E-state index in [2.05, 4.69) is 157 Å². The molecule has 4 aliphatic carbocycles. The molecule has 4 nitrogen and oxygen atoms in total. The molecule has 8 aromatic carbocycles. The summed E-state index contributed by atoms with van der Waals surface area (Å²) >= 11 is 0. The summed E-state index contributed by atoms with van der Waals surface area (Å²) in [4.78, 5) is 4.75. The van der Waals surface area contributed by atoms with Crippen LogP contribution in [0.4, 0.5) is 0 Å². The number of nitrogens with zero attached hydrogens (tertiary/aromatic N) is 3. The second kappa shape index (κ2) is 13.9. The van der Waals surface area contributed by atoms with Crippen molar-refractivity contribution >= 4 is 70.9 Å². The summed E-state index contributed by atoms with van der Waals surface area (Å²) in [7, 11) is 0. The van der Waals surface area contributed by atoms with Gasteiger partial charge in [-0.05, 0) is 225 Å². The van der Waals surface area contributed by atoms with Gasteiger partial charge in [-0.15, -0.1) is 0 Å². The van der Waals surface area contributed by atoms with Gasteiger partial charge in [-0.3, -0.25) is 4.98 Å². The van der Waals surface area contributed by atoms with E-state index in [0.717, 1.165) is 62.8 Å². The summed E-state index contributed by atoms with van der Waals surface area (Å²) in [6.45, 7) is 6.55. The van der Waals surface area contributed by atoms with Crippen LogP contribution in [0.5, 0.6) is 0 Å². The molecule has 326 valence electrons. The molecule has 0 saturated heterocycles. The number of aromatic nitrogens is 3. The number of fused-ring (bicyclic) bond motifs is 8. The lowest BCUT2D eigenvalue weighted by atomic mass is 9.74. The van der Waals surface area contributed by atoms with Gasteiger partial charge in [0.25, 0.3) is 0 Å². The van der Waals surface area contributed by atoms with Gasteiger partial charge in [-0.2, -0.15) is 0 Å². The van der Waals surface area contributed by atoms with Crippen molar-refractivity contribution in [1.82, 2.24) is 14.1 Å². The van der Waals surface area contributed by atoms with Crippen LogP contribution in [0.15, 0.2) is 146 Å². The van der Waals surface area contributed by atoms with Crippen molar-refractivity contribution < 1.29 is 0 Å². The fourth-order valence-corrected chi connectivity index (χ4v) is 13.7. The topological polar surface area (TPSA) is 48.8 Å². The Bertz CT molecular complexity index is 4160. The van der Waals surface area contributed by atoms with E-state index in [9.17, 15) is 0 Å². The molecule has 0 unspecified atom stereocenters. The van der Waals surface area contributed by atoms with E-state index in [1.807, 2.05) is 12.4 Å². The Morgan fingerprint density at radius 3 is 1.68 bits per heavy atom. The van der Waals surface area contributed by atoms with Crippen molar-refractivity contribution in [3.05, 3.63) is 196 Å². The Kier molecular flexibility index (Phi) is 7.87. The fourth-order valence-electron chi connectivity index (χ4n) is 13.7. The lowest BCUT2D eigenvalue weighted by Gasteiger charge is -2.31. The van der Waals surface area contributed by atoms with Gasteiger partial charge in [-0.1, -0.05) is 78.9 Å². The van der Waals surface area contributed by atoms with Gasteiger partial charge >= 0.3 is 0 Å². The Morgan fingerprint density at radius 1 is 0.544 bits per heavy atom. The summed E-state index contributed by atoms with van der Waals surface area (Å²) in [5.74, 6) is 0. The highest BCUT2D eigenvalue weighted by atomic mass is 15.0. The highest BCUT2D eigenvalue weighted by Gasteiger charge is 2.34. The van der Waals surface area contributed by atoms with Gasteiger partial charge in [0.05, 0.1) is 39.6 Å². The second-order valence-electron chi connectivity index (χ2n) is 20.1. The smallest absolute Gasteiger partial charge is 0.0674 e. The molecule has 68 heavy (non-hydrogen) atoms. The summed E-state index contributed by atoms with van der Waals surface area (Å²) in [6.07, 6.45) is 16.5. The minimum Gasteiger partial charge on any atom is -0.403 e. The quantitative estimate of drug-likeness (QED) is 0.175. The minimum atomic E-state index is 0.967. The molecule has 3 aromatic heterocycles.